The van der Waals surface area contributed by atoms with Gasteiger partial charge in [0.25, 0.3) is 0 Å². The van der Waals surface area contributed by atoms with Gasteiger partial charge in [0.05, 0.1) is 16.8 Å². The molecule has 0 spiro atoms. The summed E-state index contributed by atoms with van der Waals surface area (Å²) in [5.74, 6) is 0. The van der Waals surface area contributed by atoms with Crippen LogP contribution in [0.25, 0.3) is 6.08 Å². The molecule has 4 heteroatoms. The van der Waals surface area contributed by atoms with Crippen molar-refractivity contribution < 1.29 is 4.43 Å². The quantitative estimate of drug-likeness (QED) is 0.707. The number of rotatable bonds is 4. The molecule has 0 saturated carbocycles. The molecule has 108 valence electrons. The fraction of sp³-hybridized carbons (Fsp3) is 0.667. The second-order valence-electron chi connectivity index (χ2n) is 6.70. The Morgan fingerprint density at radius 2 is 2.00 bits per heavy atom. The predicted molar refractivity (Wildman–Crippen MR) is 88.2 cm³/mol. The Balaban J connectivity index is 2.78. The number of aromatic nitrogens is 1. The van der Waals surface area contributed by atoms with Gasteiger partial charge in [-0.25, -0.2) is 4.98 Å². The van der Waals surface area contributed by atoms with Gasteiger partial charge < -0.3 is 4.43 Å². The maximum absolute atomic E-state index is 6.39. The molecule has 0 radical (unpaired) electrons. The first kappa shape index (κ1) is 16.6. The molecule has 1 rings (SSSR count). The van der Waals surface area contributed by atoms with Gasteiger partial charge >= 0.3 is 0 Å². The lowest BCUT2D eigenvalue weighted by molar-refractivity contribution is 0.233. The molecule has 0 bridgehead atoms. The molecular weight excluding hydrogens is 270 g/mol. The van der Waals surface area contributed by atoms with E-state index in [0.29, 0.717) is 0 Å². The monoisotopic (exact) mass is 297 g/mol. The molecule has 1 aromatic heterocycles. The molecule has 0 unspecified atom stereocenters. The lowest BCUT2D eigenvalue weighted by Gasteiger charge is -2.38. The Labute approximate surface area is 123 Å². The van der Waals surface area contributed by atoms with Gasteiger partial charge in [-0.15, -0.1) is 11.3 Å². The van der Waals surface area contributed by atoms with E-state index in [1.54, 1.807) is 11.3 Å². The first-order valence-electron chi connectivity index (χ1n) is 6.81. The fourth-order valence-corrected chi connectivity index (χ4v) is 3.50. The Bertz CT molecular complexity index is 457. The molecular formula is C15H27NOSSi. The zero-order chi connectivity index (χ0) is 14.8. The second-order valence-corrected chi connectivity index (χ2v) is 12.5. The van der Waals surface area contributed by atoms with Crippen LogP contribution in [0.15, 0.2) is 11.0 Å². The van der Waals surface area contributed by atoms with Crippen molar-refractivity contribution in [2.45, 2.75) is 65.8 Å². The number of nitrogens with zero attached hydrogens (tertiary/aromatic N) is 1. The number of aryl methyl sites for hydroxylation is 1. The van der Waals surface area contributed by atoms with Crippen LogP contribution in [0.5, 0.6) is 0 Å². The lowest BCUT2D eigenvalue weighted by Crippen LogP contribution is -2.43. The third kappa shape index (κ3) is 4.55. The summed E-state index contributed by atoms with van der Waals surface area (Å²) < 4.78 is 6.39. The van der Waals surface area contributed by atoms with Gasteiger partial charge in [0, 0.05) is 5.38 Å². The number of hydrogen-bond donors (Lipinski definition) is 0. The smallest absolute Gasteiger partial charge is 0.192 e. The van der Waals surface area contributed by atoms with Gasteiger partial charge in [0.15, 0.2) is 8.32 Å². The summed E-state index contributed by atoms with van der Waals surface area (Å²) in [5.41, 5.74) is 2.29. The van der Waals surface area contributed by atoms with Crippen molar-refractivity contribution in [1.29, 1.82) is 0 Å². The van der Waals surface area contributed by atoms with Crippen molar-refractivity contribution in [3.8, 4) is 0 Å². The summed E-state index contributed by atoms with van der Waals surface area (Å²) in [5, 5.41) is 3.45. The fourth-order valence-electron chi connectivity index (χ4n) is 1.51. The number of thiazole rings is 1. The normalized spacial score (nSPS) is 15.7. The molecule has 0 aliphatic rings. The third-order valence-electron chi connectivity index (χ3n) is 3.93. The minimum atomic E-state index is -1.70. The Morgan fingerprint density at radius 1 is 1.42 bits per heavy atom. The van der Waals surface area contributed by atoms with Crippen LogP contribution in [0.1, 0.15) is 45.3 Å². The van der Waals surface area contributed by atoms with E-state index >= 15 is 0 Å². The van der Waals surface area contributed by atoms with E-state index in [9.17, 15) is 0 Å². The lowest BCUT2D eigenvalue weighted by atomic mass is 10.1. The standard InChI is InChI=1S/C15H27NOSSi/c1-11(9-14-10-18-13(3)16-14)12(2)17-19(7,8)15(4,5)6/h9-10,12H,1-8H3/b11-9+/t12-/m0/s1. The first-order valence-corrected chi connectivity index (χ1v) is 10.6. The second kappa shape index (κ2) is 5.90. The van der Waals surface area contributed by atoms with Crippen LogP contribution in [0.2, 0.25) is 18.1 Å². The van der Waals surface area contributed by atoms with Gasteiger partial charge in [-0.3, -0.25) is 0 Å². The van der Waals surface area contributed by atoms with E-state index in [1.807, 2.05) is 6.92 Å². The van der Waals surface area contributed by atoms with Crippen LogP contribution in [0, 0.1) is 6.92 Å². The summed E-state index contributed by atoms with van der Waals surface area (Å²) in [6.07, 6.45) is 2.30. The zero-order valence-corrected chi connectivity index (χ0v) is 15.3. The van der Waals surface area contributed by atoms with Crippen molar-refractivity contribution in [1.82, 2.24) is 4.98 Å². The van der Waals surface area contributed by atoms with Crippen LogP contribution in [-0.2, 0) is 4.43 Å². The average molecular weight is 298 g/mol. The molecule has 0 fully saturated rings. The molecule has 2 nitrogen and oxygen atoms in total. The molecule has 1 heterocycles. The van der Waals surface area contributed by atoms with Crippen LogP contribution in [0.3, 0.4) is 0 Å². The highest BCUT2D eigenvalue weighted by Gasteiger charge is 2.38. The summed E-state index contributed by atoms with van der Waals surface area (Å²) in [6.45, 7) is 17.7. The van der Waals surface area contributed by atoms with E-state index in [1.165, 1.54) is 5.57 Å². The molecule has 1 atom stereocenters. The minimum Gasteiger partial charge on any atom is -0.411 e. The van der Waals surface area contributed by atoms with Gasteiger partial charge in [0.1, 0.15) is 0 Å². The van der Waals surface area contributed by atoms with E-state index in [-0.39, 0.29) is 11.1 Å². The summed E-state index contributed by atoms with van der Waals surface area (Å²) in [7, 11) is -1.70. The Kier molecular flexibility index (Phi) is 5.15. The zero-order valence-electron chi connectivity index (χ0n) is 13.5. The molecule has 0 N–H and O–H groups in total. The van der Waals surface area contributed by atoms with Crippen molar-refractivity contribution in [2.24, 2.45) is 0 Å². The van der Waals surface area contributed by atoms with Gasteiger partial charge in [0.2, 0.25) is 0 Å². The Morgan fingerprint density at radius 3 is 2.42 bits per heavy atom. The van der Waals surface area contributed by atoms with Crippen LogP contribution >= 0.6 is 11.3 Å². The van der Waals surface area contributed by atoms with Crippen molar-refractivity contribution in [2.75, 3.05) is 0 Å². The van der Waals surface area contributed by atoms with E-state index in [4.69, 9.17) is 4.43 Å². The summed E-state index contributed by atoms with van der Waals surface area (Å²) >= 11 is 1.69. The topological polar surface area (TPSA) is 22.1 Å². The van der Waals surface area contributed by atoms with Crippen molar-refractivity contribution >= 4 is 25.7 Å². The molecule has 19 heavy (non-hydrogen) atoms. The Hall–Kier alpha value is -0.453. The van der Waals surface area contributed by atoms with Gasteiger partial charge in [-0.2, -0.15) is 0 Å². The van der Waals surface area contributed by atoms with Crippen LogP contribution < -0.4 is 0 Å². The highest BCUT2D eigenvalue weighted by molar-refractivity contribution is 7.09. The molecule has 0 aliphatic carbocycles. The highest BCUT2D eigenvalue weighted by atomic mass is 32.1. The minimum absolute atomic E-state index is 0.155. The maximum atomic E-state index is 6.39. The third-order valence-corrected chi connectivity index (χ3v) is 9.28. The predicted octanol–water partition coefficient (Wildman–Crippen LogP) is 5.27. The molecule has 0 saturated heterocycles. The van der Waals surface area contributed by atoms with E-state index < -0.39 is 8.32 Å². The van der Waals surface area contributed by atoms with Gasteiger partial charge in [-0.1, -0.05) is 20.8 Å². The molecule has 0 aromatic carbocycles. The van der Waals surface area contributed by atoms with Crippen molar-refractivity contribution in [3.05, 3.63) is 21.7 Å². The SMILES string of the molecule is C/C(=C\c1csc(C)n1)[C@H](C)O[Si](C)(C)C(C)(C)C. The first-order chi connectivity index (χ1) is 8.53. The largest absolute Gasteiger partial charge is 0.411 e. The molecule has 0 aliphatic heterocycles. The summed E-state index contributed by atoms with van der Waals surface area (Å²) in [6, 6.07) is 0. The van der Waals surface area contributed by atoms with E-state index in [2.05, 4.69) is 64.2 Å². The highest BCUT2D eigenvalue weighted by Crippen LogP contribution is 2.38. The average Bonchev–Trinajstić information content (AvgIpc) is 2.61. The maximum Gasteiger partial charge on any atom is 0.192 e. The number of hydrogen-bond acceptors (Lipinski definition) is 3. The molecule has 0 amide bonds. The van der Waals surface area contributed by atoms with Gasteiger partial charge in [-0.05, 0) is 50.6 Å². The van der Waals surface area contributed by atoms with Crippen LogP contribution in [-0.4, -0.2) is 19.4 Å². The summed E-state index contributed by atoms with van der Waals surface area (Å²) in [4.78, 5) is 4.48. The van der Waals surface area contributed by atoms with Crippen LogP contribution in [0.4, 0.5) is 0 Å². The van der Waals surface area contributed by atoms with E-state index in [0.717, 1.165) is 10.7 Å². The molecule has 1 aromatic rings. The van der Waals surface area contributed by atoms with Crippen molar-refractivity contribution in [3.63, 3.8) is 0 Å².